The van der Waals surface area contributed by atoms with Crippen molar-refractivity contribution in [3.05, 3.63) is 35.9 Å². The monoisotopic (exact) mass is 233 g/mol. The third-order valence-electron chi connectivity index (χ3n) is 3.14. The van der Waals surface area contributed by atoms with Gasteiger partial charge in [0.05, 0.1) is 12.5 Å². The third kappa shape index (κ3) is 3.05. The number of piperazine rings is 1. The SMILES string of the molecule is NCC1CNCCN1C(=O)Cc1ccccc1. The molecule has 0 aromatic heterocycles. The number of nitrogens with two attached hydrogens (primary N) is 1. The first-order chi connectivity index (χ1) is 8.31. The van der Waals surface area contributed by atoms with Crippen LogP contribution in [0.2, 0.25) is 0 Å². The molecule has 4 nitrogen and oxygen atoms in total. The Morgan fingerprint density at radius 3 is 2.88 bits per heavy atom. The molecule has 4 heteroatoms. The van der Waals surface area contributed by atoms with Gasteiger partial charge in [-0.15, -0.1) is 0 Å². The molecule has 1 heterocycles. The van der Waals surface area contributed by atoms with Crippen molar-refractivity contribution in [2.75, 3.05) is 26.2 Å². The van der Waals surface area contributed by atoms with Gasteiger partial charge in [-0.3, -0.25) is 4.79 Å². The quantitative estimate of drug-likeness (QED) is 0.772. The lowest BCUT2D eigenvalue weighted by molar-refractivity contribution is -0.133. The maximum Gasteiger partial charge on any atom is 0.227 e. The summed E-state index contributed by atoms with van der Waals surface area (Å²) in [7, 11) is 0. The Bertz CT molecular complexity index is 366. The number of carbonyl (C=O) groups excluding carboxylic acids is 1. The molecule has 2 rings (SSSR count). The molecule has 1 unspecified atom stereocenters. The second-order valence-corrected chi connectivity index (χ2v) is 4.34. The van der Waals surface area contributed by atoms with E-state index < -0.39 is 0 Å². The van der Waals surface area contributed by atoms with Crippen molar-refractivity contribution >= 4 is 5.91 Å². The fraction of sp³-hybridized carbons (Fsp3) is 0.462. The van der Waals surface area contributed by atoms with Gasteiger partial charge in [0, 0.05) is 26.2 Å². The molecule has 17 heavy (non-hydrogen) atoms. The van der Waals surface area contributed by atoms with E-state index >= 15 is 0 Å². The fourth-order valence-corrected chi connectivity index (χ4v) is 2.17. The average molecular weight is 233 g/mol. The number of nitrogens with one attached hydrogen (secondary N) is 1. The first-order valence-electron chi connectivity index (χ1n) is 6.05. The highest BCUT2D eigenvalue weighted by atomic mass is 16.2. The number of carbonyl (C=O) groups is 1. The number of benzene rings is 1. The highest BCUT2D eigenvalue weighted by Gasteiger charge is 2.24. The van der Waals surface area contributed by atoms with Crippen molar-refractivity contribution in [2.24, 2.45) is 5.73 Å². The van der Waals surface area contributed by atoms with E-state index in [1.807, 2.05) is 35.2 Å². The van der Waals surface area contributed by atoms with Gasteiger partial charge in [0.1, 0.15) is 0 Å². The molecule has 1 aliphatic heterocycles. The van der Waals surface area contributed by atoms with E-state index in [0.29, 0.717) is 13.0 Å². The first-order valence-corrected chi connectivity index (χ1v) is 6.05. The first kappa shape index (κ1) is 12.1. The number of rotatable bonds is 3. The van der Waals surface area contributed by atoms with Gasteiger partial charge < -0.3 is 16.0 Å². The van der Waals surface area contributed by atoms with Crippen LogP contribution in [0.3, 0.4) is 0 Å². The zero-order valence-electron chi connectivity index (χ0n) is 9.93. The fourth-order valence-electron chi connectivity index (χ4n) is 2.17. The number of hydrogen-bond donors (Lipinski definition) is 2. The smallest absolute Gasteiger partial charge is 0.227 e. The van der Waals surface area contributed by atoms with Gasteiger partial charge >= 0.3 is 0 Å². The number of nitrogens with zero attached hydrogens (tertiary/aromatic N) is 1. The van der Waals surface area contributed by atoms with Crippen molar-refractivity contribution in [1.82, 2.24) is 10.2 Å². The lowest BCUT2D eigenvalue weighted by atomic mass is 10.1. The lowest BCUT2D eigenvalue weighted by Gasteiger charge is -2.35. The lowest BCUT2D eigenvalue weighted by Crippen LogP contribution is -2.56. The summed E-state index contributed by atoms with van der Waals surface area (Å²) in [5.41, 5.74) is 6.75. The van der Waals surface area contributed by atoms with Gasteiger partial charge in [-0.2, -0.15) is 0 Å². The van der Waals surface area contributed by atoms with Crippen LogP contribution in [0.15, 0.2) is 30.3 Å². The summed E-state index contributed by atoms with van der Waals surface area (Å²) in [6, 6.07) is 9.98. The van der Waals surface area contributed by atoms with Gasteiger partial charge in [0.15, 0.2) is 0 Å². The Morgan fingerprint density at radius 2 is 2.18 bits per heavy atom. The summed E-state index contributed by atoms with van der Waals surface area (Å²) in [5.74, 6) is 0.174. The Balaban J connectivity index is 1.99. The van der Waals surface area contributed by atoms with Crippen LogP contribution in [0.25, 0.3) is 0 Å². The largest absolute Gasteiger partial charge is 0.336 e. The Labute approximate surface area is 102 Å². The van der Waals surface area contributed by atoms with Crippen molar-refractivity contribution in [3.8, 4) is 0 Å². The summed E-state index contributed by atoms with van der Waals surface area (Å²) in [4.78, 5) is 14.1. The van der Waals surface area contributed by atoms with E-state index in [9.17, 15) is 4.79 Å². The minimum Gasteiger partial charge on any atom is -0.336 e. The molecular weight excluding hydrogens is 214 g/mol. The molecular formula is C13H19N3O. The van der Waals surface area contributed by atoms with Crippen LogP contribution >= 0.6 is 0 Å². The van der Waals surface area contributed by atoms with Gasteiger partial charge in [0.2, 0.25) is 5.91 Å². The van der Waals surface area contributed by atoms with Crippen LogP contribution in [-0.4, -0.2) is 43.0 Å². The molecule has 3 N–H and O–H groups in total. The van der Waals surface area contributed by atoms with Crippen molar-refractivity contribution in [1.29, 1.82) is 0 Å². The van der Waals surface area contributed by atoms with Crippen LogP contribution < -0.4 is 11.1 Å². The van der Waals surface area contributed by atoms with Crippen LogP contribution in [0, 0.1) is 0 Å². The van der Waals surface area contributed by atoms with Gasteiger partial charge in [0.25, 0.3) is 0 Å². The predicted molar refractivity (Wildman–Crippen MR) is 67.6 cm³/mol. The molecule has 1 atom stereocenters. The van der Waals surface area contributed by atoms with Gasteiger partial charge in [-0.1, -0.05) is 30.3 Å². The molecule has 1 aromatic carbocycles. The maximum absolute atomic E-state index is 12.2. The van der Waals surface area contributed by atoms with Crippen molar-refractivity contribution < 1.29 is 4.79 Å². The van der Waals surface area contributed by atoms with E-state index in [0.717, 1.165) is 25.2 Å². The molecule has 1 amide bonds. The number of hydrogen-bond acceptors (Lipinski definition) is 3. The standard InChI is InChI=1S/C13H19N3O/c14-9-12-10-15-6-7-16(12)13(17)8-11-4-2-1-3-5-11/h1-5,12,15H,6-10,14H2. The van der Waals surface area contributed by atoms with Crippen LogP contribution in [-0.2, 0) is 11.2 Å². The average Bonchev–Trinajstić information content (AvgIpc) is 2.40. The van der Waals surface area contributed by atoms with Crippen molar-refractivity contribution in [2.45, 2.75) is 12.5 Å². The van der Waals surface area contributed by atoms with E-state index in [2.05, 4.69) is 5.32 Å². The summed E-state index contributed by atoms with van der Waals surface area (Å²) >= 11 is 0. The molecule has 0 spiro atoms. The molecule has 0 bridgehead atoms. The molecule has 1 aliphatic rings. The summed E-state index contributed by atoms with van der Waals surface area (Å²) < 4.78 is 0. The normalized spacial score (nSPS) is 20.3. The predicted octanol–water partition coefficient (Wildman–Crippen LogP) is -0.0118. The highest BCUT2D eigenvalue weighted by Crippen LogP contribution is 2.07. The van der Waals surface area contributed by atoms with Crippen LogP contribution in [0.4, 0.5) is 0 Å². The minimum atomic E-state index is 0.139. The highest BCUT2D eigenvalue weighted by molar-refractivity contribution is 5.79. The molecule has 0 saturated carbocycles. The van der Waals surface area contributed by atoms with Gasteiger partial charge in [-0.05, 0) is 5.56 Å². The van der Waals surface area contributed by atoms with E-state index in [-0.39, 0.29) is 11.9 Å². The zero-order valence-corrected chi connectivity index (χ0v) is 9.93. The van der Waals surface area contributed by atoms with Gasteiger partial charge in [-0.25, -0.2) is 0 Å². The molecule has 1 aromatic rings. The third-order valence-corrected chi connectivity index (χ3v) is 3.14. The number of amides is 1. The maximum atomic E-state index is 12.2. The van der Waals surface area contributed by atoms with Crippen molar-refractivity contribution in [3.63, 3.8) is 0 Å². The Hall–Kier alpha value is -1.39. The zero-order chi connectivity index (χ0) is 12.1. The topological polar surface area (TPSA) is 58.4 Å². The molecule has 1 saturated heterocycles. The Kier molecular flexibility index (Phi) is 4.12. The van der Waals surface area contributed by atoms with E-state index in [1.165, 1.54) is 0 Å². The molecule has 92 valence electrons. The second-order valence-electron chi connectivity index (χ2n) is 4.34. The second kappa shape index (κ2) is 5.80. The molecule has 1 fully saturated rings. The molecule has 0 aliphatic carbocycles. The van der Waals surface area contributed by atoms with E-state index in [1.54, 1.807) is 0 Å². The minimum absolute atomic E-state index is 0.139. The van der Waals surface area contributed by atoms with E-state index in [4.69, 9.17) is 5.73 Å². The molecule has 0 radical (unpaired) electrons. The summed E-state index contributed by atoms with van der Waals surface area (Å²) in [6.45, 7) is 2.94. The summed E-state index contributed by atoms with van der Waals surface area (Å²) in [5, 5.41) is 3.26. The summed E-state index contributed by atoms with van der Waals surface area (Å²) in [6.07, 6.45) is 0.470. The Morgan fingerprint density at radius 1 is 1.41 bits per heavy atom. The van der Waals surface area contributed by atoms with Crippen LogP contribution in [0.5, 0.6) is 0 Å². The van der Waals surface area contributed by atoms with Crippen LogP contribution in [0.1, 0.15) is 5.56 Å².